The average Bonchev–Trinajstić information content (AvgIpc) is 3.21. The molecule has 6 nitrogen and oxygen atoms in total. The van der Waals surface area contributed by atoms with Gasteiger partial charge in [0.15, 0.2) is 0 Å². The molecular weight excluding hydrogens is 355 g/mol. The first-order chi connectivity index (χ1) is 13.5. The Morgan fingerprint density at radius 1 is 1.21 bits per heavy atom. The van der Waals surface area contributed by atoms with Gasteiger partial charge in [-0.3, -0.25) is 5.01 Å². The monoisotopic (exact) mass is 372 g/mol. The Bertz CT molecular complexity index is 1110. The van der Waals surface area contributed by atoms with Gasteiger partial charge in [-0.15, -0.1) is 0 Å². The van der Waals surface area contributed by atoms with Crippen LogP contribution in [0.2, 0.25) is 0 Å². The highest BCUT2D eigenvalue weighted by Crippen LogP contribution is 2.24. The first-order valence-electron chi connectivity index (χ1n) is 8.26. The van der Waals surface area contributed by atoms with Crippen LogP contribution in [0.3, 0.4) is 0 Å². The normalized spacial score (nSPS) is 10.6. The summed E-state index contributed by atoms with van der Waals surface area (Å²) in [7, 11) is 0. The van der Waals surface area contributed by atoms with Gasteiger partial charge in [0.25, 0.3) is 0 Å². The zero-order chi connectivity index (χ0) is 20.1. The number of rotatable bonds is 6. The number of hydrogen-bond acceptors (Lipinski definition) is 5. The number of anilines is 1. The standard InChI is InChI=1S/C21H17FN6/c1-15(8-11-27(24)19-6-9-25-18(13-19)14-23)16(2)21-7-10-26-28(21)20-5-3-4-17(22)12-20/h3-13H,1-2,24H2/b11-8-. The van der Waals surface area contributed by atoms with E-state index in [0.717, 1.165) is 0 Å². The van der Waals surface area contributed by atoms with Gasteiger partial charge in [0, 0.05) is 12.4 Å². The average molecular weight is 372 g/mol. The van der Waals surface area contributed by atoms with Gasteiger partial charge in [-0.1, -0.05) is 19.2 Å². The third-order valence-electron chi connectivity index (χ3n) is 3.98. The molecule has 0 saturated heterocycles. The minimum absolute atomic E-state index is 0.267. The second kappa shape index (κ2) is 8.12. The Morgan fingerprint density at radius 3 is 2.79 bits per heavy atom. The molecule has 3 rings (SSSR count). The topological polar surface area (TPSA) is 83.8 Å². The molecule has 1 aromatic carbocycles. The molecule has 0 bridgehead atoms. The van der Waals surface area contributed by atoms with Crippen molar-refractivity contribution in [2.24, 2.45) is 5.84 Å². The molecule has 2 N–H and O–H groups in total. The lowest BCUT2D eigenvalue weighted by Gasteiger charge is -2.14. The number of nitriles is 1. The molecule has 0 fully saturated rings. The van der Waals surface area contributed by atoms with Gasteiger partial charge < -0.3 is 0 Å². The van der Waals surface area contributed by atoms with Crippen LogP contribution < -0.4 is 10.9 Å². The fourth-order valence-corrected chi connectivity index (χ4v) is 2.51. The fourth-order valence-electron chi connectivity index (χ4n) is 2.51. The van der Waals surface area contributed by atoms with Crippen molar-refractivity contribution >= 4 is 11.3 Å². The number of hydrogen-bond donors (Lipinski definition) is 1. The molecule has 0 spiro atoms. The van der Waals surface area contributed by atoms with E-state index in [2.05, 4.69) is 23.2 Å². The quantitative estimate of drug-likeness (QED) is 0.405. The number of nitrogens with two attached hydrogens (primary N) is 1. The molecule has 0 unspecified atom stereocenters. The highest BCUT2D eigenvalue weighted by atomic mass is 19.1. The number of nitrogens with zero attached hydrogens (tertiary/aromatic N) is 5. The van der Waals surface area contributed by atoms with Crippen molar-refractivity contribution in [2.45, 2.75) is 0 Å². The predicted octanol–water partition coefficient (Wildman–Crippen LogP) is 3.74. The summed E-state index contributed by atoms with van der Waals surface area (Å²) in [5, 5.41) is 14.5. The molecule has 0 radical (unpaired) electrons. The number of benzene rings is 1. The molecule has 3 aromatic rings. The lowest BCUT2D eigenvalue weighted by atomic mass is 10.1. The maximum atomic E-state index is 13.5. The SMILES string of the molecule is C=C(/C=C\N(N)c1ccnc(C#N)c1)C(=C)c1ccnn1-c1cccc(F)c1. The highest BCUT2D eigenvalue weighted by molar-refractivity contribution is 5.78. The summed E-state index contributed by atoms with van der Waals surface area (Å²) in [6, 6.07) is 13.1. The van der Waals surface area contributed by atoms with E-state index >= 15 is 0 Å². The van der Waals surface area contributed by atoms with E-state index < -0.39 is 0 Å². The number of halogens is 1. The molecule has 0 aliphatic rings. The predicted molar refractivity (Wildman–Crippen MR) is 106 cm³/mol. The molecule has 2 heterocycles. The molecule has 0 saturated carbocycles. The van der Waals surface area contributed by atoms with Crippen molar-refractivity contribution in [3.63, 3.8) is 0 Å². The Labute approximate surface area is 161 Å². The van der Waals surface area contributed by atoms with E-state index in [0.29, 0.717) is 28.2 Å². The lowest BCUT2D eigenvalue weighted by Crippen LogP contribution is -2.24. The number of allylic oxidation sites excluding steroid dienone is 3. The van der Waals surface area contributed by atoms with Crippen molar-refractivity contribution in [1.82, 2.24) is 14.8 Å². The van der Waals surface area contributed by atoms with Gasteiger partial charge >= 0.3 is 0 Å². The third-order valence-corrected chi connectivity index (χ3v) is 3.98. The maximum Gasteiger partial charge on any atom is 0.142 e. The second-order valence-electron chi connectivity index (χ2n) is 5.85. The zero-order valence-corrected chi connectivity index (χ0v) is 15.0. The summed E-state index contributed by atoms with van der Waals surface area (Å²) < 4.78 is 15.1. The van der Waals surface area contributed by atoms with Crippen LogP contribution in [0.5, 0.6) is 0 Å². The van der Waals surface area contributed by atoms with Crippen molar-refractivity contribution in [1.29, 1.82) is 5.26 Å². The Balaban J connectivity index is 1.79. The Hall–Kier alpha value is -4.02. The summed E-state index contributed by atoms with van der Waals surface area (Å²) in [4.78, 5) is 3.91. The van der Waals surface area contributed by atoms with Crippen LogP contribution in [-0.4, -0.2) is 14.8 Å². The molecule has 7 heteroatoms. The molecule has 0 atom stereocenters. The van der Waals surface area contributed by atoms with Gasteiger partial charge in [0.1, 0.15) is 17.6 Å². The van der Waals surface area contributed by atoms with Crippen molar-refractivity contribution in [3.8, 4) is 11.8 Å². The summed E-state index contributed by atoms with van der Waals surface area (Å²) in [6.07, 6.45) is 6.41. The molecule has 0 aliphatic heterocycles. The minimum Gasteiger partial charge on any atom is -0.287 e. The van der Waals surface area contributed by atoms with Gasteiger partial charge in [-0.2, -0.15) is 10.4 Å². The molecule has 138 valence electrons. The van der Waals surface area contributed by atoms with Crippen LogP contribution in [0.15, 0.2) is 85.9 Å². The van der Waals surface area contributed by atoms with Crippen LogP contribution in [-0.2, 0) is 0 Å². The van der Waals surface area contributed by atoms with E-state index in [9.17, 15) is 4.39 Å². The van der Waals surface area contributed by atoms with Gasteiger partial charge in [-0.25, -0.2) is 19.9 Å². The largest absolute Gasteiger partial charge is 0.287 e. The highest BCUT2D eigenvalue weighted by Gasteiger charge is 2.11. The number of hydrazine groups is 1. The van der Waals surface area contributed by atoms with Crippen molar-refractivity contribution in [3.05, 3.63) is 103 Å². The molecule has 0 aliphatic carbocycles. The van der Waals surface area contributed by atoms with Gasteiger partial charge in [-0.05, 0) is 53.6 Å². The van der Waals surface area contributed by atoms with Gasteiger partial charge in [0.2, 0.25) is 0 Å². The lowest BCUT2D eigenvalue weighted by molar-refractivity contribution is 0.625. The first kappa shape index (κ1) is 18.8. The molecule has 0 amide bonds. The second-order valence-corrected chi connectivity index (χ2v) is 5.85. The summed E-state index contributed by atoms with van der Waals surface area (Å²) in [5.74, 6) is 5.65. The van der Waals surface area contributed by atoms with Crippen molar-refractivity contribution < 1.29 is 4.39 Å². The molecule has 2 aromatic heterocycles. The van der Waals surface area contributed by atoms with E-state index in [1.165, 1.54) is 23.3 Å². The Kier molecular flexibility index (Phi) is 5.44. The van der Waals surface area contributed by atoms with Crippen LogP contribution >= 0.6 is 0 Å². The molecular formula is C21H17FN6. The van der Waals surface area contributed by atoms with Crippen molar-refractivity contribution in [2.75, 3.05) is 5.01 Å². The van der Waals surface area contributed by atoms with E-state index in [1.54, 1.807) is 53.5 Å². The zero-order valence-electron chi connectivity index (χ0n) is 15.0. The summed E-state index contributed by atoms with van der Waals surface area (Å²) in [6.45, 7) is 8.08. The van der Waals surface area contributed by atoms with Gasteiger partial charge in [0.05, 0.1) is 23.3 Å². The maximum absolute atomic E-state index is 13.5. The smallest absolute Gasteiger partial charge is 0.142 e. The molecule has 28 heavy (non-hydrogen) atoms. The third kappa shape index (κ3) is 4.03. The number of pyridine rings is 1. The Morgan fingerprint density at radius 2 is 2.04 bits per heavy atom. The summed E-state index contributed by atoms with van der Waals surface area (Å²) in [5.41, 5.74) is 3.34. The van der Waals surface area contributed by atoms with E-state index in [1.807, 2.05) is 6.07 Å². The van der Waals surface area contributed by atoms with Crippen LogP contribution in [0.1, 0.15) is 11.4 Å². The van der Waals surface area contributed by atoms with E-state index in [-0.39, 0.29) is 11.5 Å². The summed E-state index contributed by atoms with van der Waals surface area (Å²) >= 11 is 0. The number of aromatic nitrogens is 3. The first-order valence-corrected chi connectivity index (χ1v) is 8.26. The van der Waals surface area contributed by atoms with Crippen LogP contribution in [0.4, 0.5) is 10.1 Å². The van der Waals surface area contributed by atoms with E-state index in [4.69, 9.17) is 11.1 Å². The fraction of sp³-hybridized carbons (Fsp3) is 0. The minimum atomic E-state index is -0.351. The van der Waals surface area contributed by atoms with Crippen LogP contribution in [0, 0.1) is 17.1 Å². The van der Waals surface area contributed by atoms with Crippen LogP contribution in [0.25, 0.3) is 11.3 Å².